The quantitative estimate of drug-likeness (QED) is 0.615. The molecule has 32 heavy (non-hydrogen) atoms. The van der Waals surface area contributed by atoms with E-state index in [4.69, 9.17) is 9.47 Å². The van der Waals surface area contributed by atoms with Crippen LogP contribution in [0.1, 0.15) is 58.8 Å². The lowest BCUT2D eigenvalue weighted by Crippen LogP contribution is -2.45. The molecule has 168 valence electrons. The number of aromatic amines is 1. The SMILES string of the molecule is COc1cc(C)c2[nH]cnc2c1CN1CCC2(CCCO2)C[C@H]1c1ccc(C(=O)O)cc1. The fourth-order valence-electron chi connectivity index (χ4n) is 5.40. The van der Waals surface area contributed by atoms with Crippen molar-refractivity contribution in [2.75, 3.05) is 20.3 Å². The average molecular weight is 436 g/mol. The molecule has 2 atom stereocenters. The molecule has 7 nitrogen and oxygen atoms in total. The first-order valence-electron chi connectivity index (χ1n) is 11.2. The van der Waals surface area contributed by atoms with Gasteiger partial charge in [-0.3, -0.25) is 4.90 Å². The molecule has 1 spiro atoms. The third-order valence-electron chi connectivity index (χ3n) is 7.13. The van der Waals surface area contributed by atoms with Gasteiger partial charge in [-0.2, -0.15) is 0 Å². The molecule has 0 saturated carbocycles. The number of fused-ring (bicyclic) bond motifs is 1. The van der Waals surface area contributed by atoms with Crippen LogP contribution in [0.3, 0.4) is 0 Å². The second-order valence-electron chi connectivity index (χ2n) is 9.00. The van der Waals surface area contributed by atoms with Gasteiger partial charge in [0.25, 0.3) is 0 Å². The maximum absolute atomic E-state index is 11.3. The van der Waals surface area contributed by atoms with Crippen molar-refractivity contribution >= 4 is 17.0 Å². The van der Waals surface area contributed by atoms with Gasteiger partial charge in [0.2, 0.25) is 0 Å². The Kier molecular flexibility index (Phi) is 5.39. The second-order valence-corrected chi connectivity index (χ2v) is 9.00. The molecule has 2 saturated heterocycles. The zero-order valence-corrected chi connectivity index (χ0v) is 18.6. The lowest BCUT2D eigenvalue weighted by molar-refractivity contribution is -0.0676. The number of methoxy groups -OCH3 is 1. The van der Waals surface area contributed by atoms with E-state index < -0.39 is 5.97 Å². The number of aryl methyl sites for hydroxylation is 1. The van der Waals surface area contributed by atoms with E-state index in [0.29, 0.717) is 12.1 Å². The number of ether oxygens (including phenoxy) is 2. The summed E-state index contributed by atoms with van der Waals surface area (Å²) in [6, 6.07) is 9.50. The summed E-state index contributed by atoms with van der Waals surface area (Å²) in [4.78, 5) is 21.7. The van der Waals surface area contributed by atoms with Gasteiger partial charge in [0, 0.05) is 31.3 Å². The van der Waals surface area contributed by atoms with Crippen LogP contribution in [-0.2, 0) is 11.3 Å². The summed E-state index contributed by atoms with van der Waals surface area (Å²) < 4.78 is 12.0. The van der Waals surface area contributed by atoms with Crippen LogP contribution in [0.15, 0.2) is 36.7 Å². The molecule has 2 aromatic carbocycles. The number of likely N-dealkylation sites (tertiary alicyclic amines) is 1. The highest BCUT2D eigenvalue weighted by Crippen LogP contribution is 2.45. The molecule has 1 unspecified atom stereocenters. The van der Waals surface area contributed by atoms with E-state index in [9.17, 15) is 9.90 Å². The molecule has 5 rings (SSSR count). The van der Waals surface area contributed by atoms with Gasteiger partial charge in [0.05, 0.1) is 35.6 Å². The lowest BCUT2D eigenvalue weighted by Gasteiger charge is -2.45. The van der Waals surface area contributed by atoms with E-state index in [-0.39, 0.29) is 11.6 Å². The Balaban J connectivity index is 1.52. The molecule has 0 radical (unpaired) electrons. The second kappa shape index (κ2) is 8.22. The van der Waals surface area contributed by atoms with E-state index in [2.05, 4.69) is 27.9 Å². The zero-order valence-electron chi connectivity index (χ0n) is 18.6. The molecule has 3 aromatic rings. The van der Waals surface area contributed by atoms with Crippen LogP contribution in [0.4, 0.5) is 0 Å². The van der Waals surface area contributed by atoms with Crippen LogP contribution in [0.5, 0.6) is 5.75 Å². The third-order valence-corrected chi connectivity index (χ3v) is 7.13. The first kappa shape index (κ1) is 21.0. The third kappa shape index (κ3) is 3.65. The molecule has 2 aliphatic heterocycles. The molecule has 7 heteroatoms. The Bertz CT molecular complexity index is 1130. The number of carbonyl (C=O) groups is 1. The summed E-state index contributed by atoms with van der Waals surface area (Å²) in [5.41, 5.74) is 5.51. The van der Waals surface area contributed by atoms with E-state index in [1.54, 1.807) is 25.6 Å². The Labute approximate surface area is 187 Å². The molecule has 2 aliphatic rings. The van der Waals surface area contributed by atoms with Gasteiger partial charge in [0.15, 0.2) is 0 Å². The van der Waals surface area contributed by atoms with Crippen molar-refractivity contribution in [3.8, 4) is 5.75 Å². The first-order chi connectivity index (χ1) is 15.5. The number of carboxylic acid groups (broad SMARTS) is 1. The van der Waals surface area contributed by atoms with Crippen LogP contribution in [0.25, 0.3) is 11.0 Å². The summed E-state index contributed by atoms with van der Waals surface area (Å²) in [6.45, 7) is 4.48. The number of H-pyrrole nitrogens is 1. The van der Waals surface area contributed by atoms with Crippen LogP contribution < -0.4 is 4.74 Å². The molecule has 2 N–H and O–H groups in total. The summed E-state index contributed by atoms with van der Waals surface area (Å²) >= 11 is 0. The van der Waals surface area contributed by atoms with Gasteiger partial charge in [-0.05, 0) is 61.9 Å². The highest BCUT2D eigenvalue weighted by molar-refractivity contribution is 5.87. The van der Waals surface area contributed by atoms with E-state index in [1.165, 1.54) is 0 Å². The largest absolute Gasteiger partial charge is 0.496 e. The summed E-state index contributed by atoms with van der Waals surface area (Å²) in [5, 5.41) is 9.31. The number of imidazole rings is 1. The Morgan fingerprint density at radius 1 is 1.34 bits per heavy atom. The number of aromatic nitrogens is 2. The summed E-state index contributed by atoms with van der Waals surface area (Å²) in [5.74, 6) is -0.0579. The van der Waals surface area contributed by atoms with Crippen LogP contribution in [0, 0.1) is 6.92 Å². The predicted octanol–water partition coefficient (Wildman–Crippen LogP) is 4.46. The van der Waals surface area contributed by atoms with E-state index in [0.717, 1.165) is 72.3 Å². The van der Waals surface area contributed by atoms with Crippen molar-refractivity contribution in [1.29, 1.82) is 0 Å². The Morgan fingerprint density at radius 2 is 2.16 bits per heavy atom. The highest BCUT2D eigenvalue weighted by atomic mass is 16.5. The van der Waals surface area contributed by atoms with Crippen molar-refractivity contribution in [3.63, 3.8) is 0 Å². The normalized spacial score (nSPS) is 23.8. The molecule has 0 aliphatic carbocycles. The number of hydrogen-bond acceptors (Lipinski definition) is 5. The molecule has 0 amide bonds. The molecular weight excluding hydrogens is 406 g/mol. The number of piperidine rings is 1. The minimum Gasteiger partial charge on any atom is -0.496 e. The fourth-order valence-corrected chi connectivity index (χ4v) is 5.40. The predicted molar refractivity (Wildman–Crippen MR) is 121 cm³/mol. The Hall–Kier alpha value is -2.90. The van der Waals surface area contributed by atoms with Crippen LogP contribution in [0.2, 0.25) is 0 Å². The van der Waals surface area contributed by atoms with Crippen LogP contribution in [-0.4, -0.2) is 51.8 Å². The summed E-state index contributed by atoms with van der Waals surface area (Å²) in [7, 11) is 1.70. The minimum atomic E-state index is -0.905. The van der Waals surface area contributed by atoms with Crippen molar-refractivity contribution in [3.05, 3.63) is 58.9 Å². The van der Waals surface area contributed by atoms with Gasteiger partial charge < -0.3 is 19.6 Å². The maximum Gasteiger partial charge on any atom is 0.335 e. The number of benzene rings is 2. The standard InChI is InChI=1S/C25H29N3O4/c1-16-12-21(31-2)19(23-22(16)26-15-27-23)14-28-10-9-25(8-3-11-32-25)13-20(28)17-4-6-18(7-5-17)24(29)30/h4-7,12,15,20H,3,8-11,13-14H2,1-2H3,(H,26,27)(H,29,30)/t20-,25?/m0/s1. The lowest BCUT2D eigenvalue weighted by atomic mass is 9.81. The highest BCUT2D eigenvalue weighted by Gasteiger charge is 2.43. The van der Waals surface area contributed by atoms with E-state index >= 15 is 0 Å². The number of hydrogen-bond donors (Lipinski definition) is 2. The van der Waals surface area contributed by atoms with Gasteiger partial charge in [0.1, 0.15) is 5.75 Å². The van der Waals surface area contributed by atoms with Crippen LogP contribution >= 0.6 is 0 Å². The van der Waals surface area contributed by atoms with Gasteiger partial charge >= 0.3 is 5.97 Å². The molecule has 0 bridgehead atoms. The van der Waals surface area contributed by atoms with Crippen molar-refractivity contribution in [2.45, 2.75) is 50.8 Å². The number of aromatic carboxylic acids is 1. The monoisotopic (exact) mass is 435 g/mol. The Morgan fingerprint density at radius 3 is 2.84 bits per heavy atom. The fraction of sp³-hybridized carbons (Fsp3) is 0.440. The van der Waals surface area contributed by atoms with Crippen molar-refractivity contribution in [2.24, 2.45) is 0 Å². The van der Waals surface area contributed by atoms with Crippen molar-refractivity contribution < 1.29 is 19.4 Å². The van der Waals surface area contributed by atoms with E-state index in [1.807, 2.05) is 12.1 Å². The topological polar surface area (TPSA) is 87.7 Å². The number of carboxylic acids is 1. The minimum absolute atomic E-state index is 0.0777. The molecule has 3 heterocycles. The molecular formula is C25H29N3O4. The smallest absolute Gasteiger partial charge is 0.335 e. The molecule has 1 aromatic heterocycles. The van der Waals surface area contributed by atoms with Gasteiger partial charge in [-0.15, -0.1) is 0 Å². The molecule has 2 fully saturated rings. The number of rotatable bonds is 5. The number of nitrogens with one attached hydrogen (secondary N) is 1. The zero-order chi connectivity index (χ0) is 22.3. The maximum atomic E-state index is 11.3. The van der Waals surface area contributed by atoms with Gasteiger partial charge in [-0.1, -0.05) is 12.1 Å². The van der Waals surface area contributed by atoms with Gasteiger partial charge in [-0.25, -0.2) is 9.78 Å². The number of nitrogens with zero attached hydrogens (tertiary/aromatic N) is 2. The average Bonchev–Trinajstić information content (AvgIpc) is 3.47. The first-order valence-corrected chi connectivity index (χ1v) is 11.2. The van der Waals surface area contributed by atoms with Crippen molar-refractivity contribution in [1.82, 2.24) is 14.9 Å². The summed E-state index contributed by atoms with van der Waals surface area (Å²) in [6.07, 6.45) is 5.82.